The lowest BCUT2D eigenvalue weighted by atomic mass is 9.80. The first-order chi connectivity index (χ1) is 16.8. The van der Waals surface area contributed by atoms with Crippen LogP contribution in [0.3, 0.4) is 0 Å². The minimum Gasteiger partial charge on any atom is -0.496 e. The molecule has 1 N–H and O–H groups in total. The first kappa shape index (κ1) is 23.8. The molecule has 5 rings (SSSR count). The van der Waals surface area contributed by atoms with Gasteiger partial charge in [-0.15, -0.1) is 0 Å². The van der Waals surface area contributed by atoms with E-state index in [1.54, 1.807) is 7.11 Å². The molecule has 2 aliphatic rings. The predicted octanol–water partition coefficient (Wildman–Crippen LogP) is 5.10. The van der Waals surface area contributed by atoms with Crippen LogP contribution in [0.2, 0.25) is 0 Å². The topological polar surface area (TPSA) is 97.1 Å². The average Bonchev–Trinajstić information content (AvgIpc) is 2.82. The maximum absolute atomic E-state index is 14.2. The number of rotatable bonds is 5. The molecule has 2 aromatic carbocycles. The van der Waals surface area contributed by atoms with E-state index in [0.717, 1.165) is 53.4 Å². The number of nitrogens with zero attached hydrogens (tertiary/aromatic N) is 3. The van der Waals surface area contributed by atoms with Gasteiger partial charge in [0, 0.05) is 29.2 Å². The van der Waals surface area contributed by atoms with Crippen molar-refractivity contribution in [1.82, 2.24) is 9.97 Å². The van der Waals surface area contributed by atoms with E-state index < -0.39 is 7.14 Å². The summed E-state index contributed by atoms with van der Waals surface area (Å²) in [7, 11) is -0.999. The number of ether oxygens (including phenoxy) is 2. The van der Waals surface area contributed by atoms with E-state index in [0.29, 0.717) is 35.3 Å². The van der Waals surface area contributed by atoms with Gasteiger partial charge >= 0.3 is 0 Å². The van der Waals surface area contributed by atoms with Gasteiger partial charge < -0.3 is 19.4 Å². The van der Waals surface area contributed by atoms with Crippen molar-refractivity contribution in [1.29, 1.82) is 5.26 Å². The number of aromatic nitrogens is 2. The zero-order valence-electron chi connectivity index (χ0n) is 20.7. The van der Waals surface area contributed by atoms with Gasteiger partial charge in [0.25, 0.3) is 0 Å². The smallest absolute Gasteiger partial charge is 0.138 e. The predicted molar refractivity (Wildman–Crippen MR) is 138 cm³/mol. The normalized spacial score (nSPS) is 19.1. The first-order valence-corrected chi connectivity index (χ1v) is 14.1. The second-order valence-electron chi connectivity index (χ2n) is 9.99. The quantitative estimate of drug-likeness (QED) is 0.497. The summed E-state index contributed by atoms with van der Waals surface area (Å²) in [6.07, 6.45) is 3.19. The van der Waals surface area contributed by atoms with E-state index in [4.69, 9.17) is 14.5 Å². The summed E-state index contributed by atoms with van der Waals surface area (Å²) in [6.45, 7) is 7.45. The largest absolute Gasteiger partial charge is 0.496 e. The molecule has 7 nitrogen and oxygen atoms in total. The van der Waals surface area contributed by atoms with Crippen LogP contribution in [0, 0.1) is 30.6 Å². The van der Waals surface area contributed by atoms with E-state index in [1.807, 2.05) is 44.2 Å². The first-order valence-electron chi connectivity index (χ1n) is 12.1. The lowest BCUT2D eigenvalue weighted by Gasteiger charge is -2.46. The minimum absolute atomic E-state index is 0.0875. The molecule has 2 aliphatic heterocycles. The Morgan fingerprint density at radius 1 is 1.20 bits per heavy atom. The molecule has 2 saturated heterocycles. The summed E-state index contributed by atoms with van der Waals surface area (Å²) in [5.41, 5.74) is 3.62. The maximum Gasteiger partial charge on any atom is 0.138 e. The summed E-state index contributed by atoms with van der Waals surface area (Å²) in [6, 6.07) is 11.8. The molecule has 0 radical (unpaired) electrons. The summed E-state index contributed by atoms with van der Waals surface area (Å²) in [4.78, 5) is 9.36. The van der Waals surface area contributed by atoms with Gasteiger partial charge in [0.2, 0.25) is 0 Å². The van der Waals surface area contributed by atoms with Crippen LogP contribution in [0.1, 0.15) is 48.3 Å². The number of hydrogen-bond donors (Lipinski definition) is 1. The number of benzene rings is 2. The zero-order valence-corrected chi connectivity index (χ0v) is 21.6. The highest BCUT2D eigenvalue weighted by atomic mass is 31.2. The SMILES string of the molecule is COc1cc2nc(C)nc(N[C@H](C)c3cccc(C#N)c3C)c2cc1P1(=O)CCC2(CC1)COC2. The third-order valence-corrected chi connectivity index (χ3v) is 10.8. The fraction of sp³-hybridized carbons (Fsp3) is 0.444. The lowest BCUT2D eigenvalue weighted by molar-refractivity contribution is -0.117. The van der Waals surface area contributed by atoms with E-state index >= 15 is 0 Å². The number of aryl methyl sites for hydroxylation is 1. The Hall–Kier alpha value is -2.94. The van der Waals surface area contributed by atoms with E-state index in [1.165, 1.54) is 0 Å². The second kappa shape index (κ2) is 8.93. The van der Waals surface area contributed by atoms with Crippen LogP contribution in [0.15, 0.2) is 30.3 Å². The van der Waals surface area contributed by atoms with Crippen LogP contribution in [0.25, 0.3) is 10.9 Å². The van der Waals surface area contributed by atoms with Crippen LogP contribution in [-0.4, -0.2) is 42.6 Å². The Kier molecular flexibility index (Phi) is 6.07. The molecule has 1 aromatic heterocycles. The van der Waals surface area contributed by atoms with Crippen molar-refractivity contribution in [2.24, 2.45) is 5.41 Å². The van der Waals surface area contributed by atoms with Crippen molar-refractivity contribution in [3.05, 3.63) is 52.8 Å². The number of hydrogen-bond acceptors (Lipinski definition) is 7. The molecule has 35 heavy (non-hydrogen) atoms. The number of methoxy groups -OCH3 is 1. The summed E-state index contributed by atoms with van der Waals surface area (Å²) in [5.74, 6) is 1.97. The van der Waals surface area contributed by atoms with Gasteiger partial charge in [0.15, 0.2) is 0 Å². The molecular weight excluding hydrogens is 459 g/mol. The van der Waals surface area contributed by atoms with Crippen molar-refractivity contribution in [3.8, 4) is 11.8 Å². The Morgan fingerprint density at radius 2 is 1.94 bits per heavy atom. The van der Waals surface area contributed by atoms with Crippen molar-refractivity contribution < 1.29 is 14.0 Å². The van der Waals surface area contributed by atoms with Crippen LogP contribution in [0.5, 0.6) is 5.75 Å². The Balaban J connectivity index is 1.55. The highest BCUT2D eigenvalue weighted by molar-refractivity contribution is 7.71. The summed E-state index contributed by atoms with van der Waals surface area (Å²) < 4.78 is 25.4. The monoisotopic (exact) mass is 490 g/mol. The fourth-order valence-corrected chi connectivity index (χ4v) is 8.67. The van der Waals surface area contributed by atoms with Gasteiger partial charge in [-0.05, 0) is 56.9 Å². The Bertz CT molecular complexity index is 1380. The van der Waals surface area contributed by atoms with E-state index in [9.17, 15) is 9.83 Å². The highest BCUT2D eigenvalue weighted by Gasteiger charge is 2.46. The molecule has 0 amide bonds. The molecule has 0 aliphatic carbocycles. The van der Waals surface area contributed by atoms with Crippen molar-refractivity contribution in [2.45, 2.75) is 39.7 Å². The van der Waals surface area contributed by atoms with Crippen molar-refractivity contribution in [3.63, 3.8) is 0 Å². The third-order valence-electron chi connectivity index (χ3n) is 7.69. The fourth-order valence-electron chi connectivity index (χ4n) is 5.37. The average molecular weight is 491 g/mol. The molecule has 1 atom stereocenters. The van der Waals surface area contributed by atoms with Gasteiger partial charge in [0.1, 0.15) is 24.5 Å². The molecule has 3 aromatic rings. The molecule has 0 saturated carbocycles. The third kappa shape index (κ3) is 4.20. The maximum atomic E-state index is 14.2. The lowest BCUT2D eigenvalue weighted by Crippen LogP contribution is -2.46. The van der Waals surface area contributed by atoms with E-state index in [-0.39, 0.29) is 11.5 Å². The Labute approximate surface area is 206 Å². The van der Waals surface area contributed by atoms with Gasteiger partial charge in [-0.3, -0.25) is 0 Å². The molecule has 1 spiro atoms. The molecule has 8 heteroatoms. The molecule has 182 valence electrons. The Morgan fingerprint density at radius 3 is 2.57 bits per heavy atom. The van der Waals surface area contributed by atoms with Crippen LogP contribution >= 0.6 is 7.14 Å². The van der Waals surface area contributed by atoms with Crippen molar-refractivity contribution in [2.75, 3.05) is 38.0 Å². The van der Waals surface area contributed by atoms with Gasteiger partial charge in [-0.25, -0.2) is 9.97 Å². The van der Waals surface area contributed by atoms with Crippen LogP contribution < -0.4 is 15.4 Å². The number of fused-ring (bicyclic) bond motifs is 1. The summed E-state index contributed by atoms with van der Waals surface area (Å²) in [5, 5.41) is 14.6. The van der Waals surface area contributed by atoms with Crippen LogP contribution in [-0.2, 0) is 9.30 Å². The molecule has 3 heterocycles. The second-order valence-corrected chi connectivity index (χ2v) is 13.1. The minimum atomic E-state index is -2.63. The number of nitrogens with one attached hydrogen (secondary N) is 1. The molecule has 2 fully saturated rings. The van der Waals surface area contributed by atoms with Gasteiger partial charge in [0.05, 0.1) is 48.8 Å². The zero-order chi connectivity index (χ0) is 24.8. The van der Waals surface area contributed by atoms with Crippen molar-refractivity contribution >= 4 is 29.2 Å². The summed E-state index contributed by atoms with van der Waals surface area (Å²) >= 11 is 0. The van der Waals surface area contributed by atoms with Gasteiger partial charge in [-0.1, -0.05) is 12.1 Å². The molecule has 0 unspecified atom stereocenters. The van der Waals surface area contributed by atoms with Gasteiger partial charge in [-0.2, -0.15) is 5.26 Å². The number of nitriles is 1. The molecule has 0 bridgehead atoms. The van der Waals surface area contributed by atoms with Crippen LogP contribution in [0.4, 0.5) is 5.82 Å². The highest BCUT2D eigenvalue weighted by Crippen LogP contribution is 2.57. The standard InChI is InChI=1S/C27H31N4O3P/c1-17-20(14-28)6-5-7-21(17)18(2)29-26-22-12-25(24(33-4)13-23(22)30-19(3)31-26)35(32)10-8-27(9-11-35)15-34-16-27/h5-7,12-13,18H,8-11,15-16H2,1-4H3,(H,29,30,31)/t18-/m1/s1. The number of anilines is 1. The van der Waals surface area contributed by atoms with E-state index in [2.05, 4.69) is 23.3 Å². The molecular formula is C27H31N4O3P.